The molecular weight excluding hydrogens is 432 g/mol. The molecule has 5 unspecified atom stereocenters. The van der Waals surface area contributed by atoms with Crippen LogP contribution in [0, 0.1) is 5.92 Å². The molecule has 5 atom stereocenters. The maximum absolute atomic E-state index is 12.8. The average molecular weight is 475 g/mol. The van der Waals surface area contributed by atoms with E-state index < -0.39 is 54.0 Å². The van der Waals surface area contributed by atoms with Crippen LogP contribution in [0.3, 0.4) is 0 Å². The van der Waals surface area contributed by atoms with Gasteiger partial charge in [0.1, 0.15) is 18.1 Å². The summed E-state index contributed by atoms with van der Waals surface area (Å²) < 4.78 is 0. The summed E-state index contributed by atoms with van der Waals surface area (Å²) in [5, 5.41) is 26.8. The van der Waals surface area contributed by atoms with Crippen molar-refractivity contribution in [2.24, 2.45) is 23.1 Å². The summed E-state index contributed by atoms with van der Waals surface area (Å²) in [6.07, 6.45) is 1.76. The Hall–Kier alpha value is -2.28. The lowest BCUT2D eigenvalue weighted by molar-refractivity contribution is -0.143. The van der Waals surface area contributed by atoms with Crippen molar-refractivity contribution in [3.05, 3.63) is 0 Å². The highest BCUT2D eigenvalue weighted by Crippen LogP contribution is 2.07. The maximum Gasteiger partial charge on any atom is 0.326 e. The van der Waals surface area contributed by atoms with Crippen molar-refractivity contribution in [1.82, 2.24) is 16.0 Å². The minimum absolute atomic E-state index is 0.207. The zero-order valence-electron chi connectivity index (χ0n) is 19.9. The summed E-state index contributed by atoms with van der Waals surface area (Å²) in [7, 11) is 0. The Labute approximate surface area is 195 Å². The van der Waals surface area contributed by atoms with Crippen LogP contribution in [0.1, 0.15) is 59.3 Å². The van der Waals surface area contributed by atoms with Gasteiger partial charge in [-0.05, 0) is 58.0 Å². The van der Waals surface area contributed by atoms with E-state index in [0.717, 1.165) is 0 Å². The fourth-order valence-corrected chi connectivity index (χ4v) is 3.10. The molecule has 33 heavy (non-hydrogen) atoms. The molecule has 0 radical (unpaired) electrons. The number of carbonyl (C=O) groups excluding carboxylic acids is 3. The van der Waals surface area contributed by atoms with Crippen molar-refractivity contribution in [3.8, 4) is 0 Å². The zero-order valence-corrected chi connectivity index (χ0v) is 19.9. The van der Waals surface area contributed by atoms with Gasteiger partial charge in [0.05, 0.1) is 12.1 Å². The summed E-state index contributed by atoms with van der Waals surface area (Å²) >= 11 is 0. The van der Waals surface area contributed by atoms with Crippen LogP contribution in [0.2, 0.25) is 0 Å². The second-order valence-electron chi connectivity index (χ2n) is 8.53. The lowest BCUT2D eigenvalue weighted by Crippen LogP contribution is -2.60. The van der Waals surface area contributed by atoms with Crippen molar-refractivity contribution in [1.29, 1.82) is 0 Å². The third-order valence-corrected chi connectivity index (χ3v) is 5.18. The van der Waals surface area contributed by atoms with Gasteiger partial charge in [0.2, 0.25) is 17.7 Å². The van der Waals surface area contributed by atoms with E-state index in [-0.39, 0.29) is 12.3 Å². The highest BCUT2D eigenvalue weighted by atomic mass is 16.4. The molecule has 0 aromatic heterocycles. The molecule has 0 saturated heterocycles. The molecule has 0 bridgehead atoms. The number of hydrogen-bond donors (Lipinski definition) is 8. The van der Waals surface area contributed by atoms with Crippen molar-refractivity contribution >= 4 is 23.7 Å². The van der Waals surface area contributed by atoms with Crippen molar-refractivity contribution < 1.29 is 29.4 Å². The summed E-state index contributed by atoms with van der Waals surface area (Å²) in [5.74, 6) is -3.63. The van der Waals surface area contributed by atoms with Crippen LogP contribution in [0.5, 0.6) is 0 Å². The summed E-state index contributed by atoms with van der Waals surface area (Å²) in [6, 6.07) is -4.42. The molecule has 3 amide bonds. The predicted octanol–water partition coefficient (Wildman–Crippen LogP) is -1.85. The number of nitrogens with two attached hydrogens (primary N) is 3. The first-order valence-electron chi connectivity index (χ1n) is 11.4. The Bertz CT molecular complexity index is 630. The molecule has 0 fully saturated rings. The monoisotopic (exact) mass is 474 g/mol. The van der Waals surface area contributed by atoms with Gasteiger partial charge in [-0.2, -0.15) is 0 Å². The molecule has 12 heteroatoms. The summed E-state index contributed by atoms with van der Waals surface area (Å²) in [6.45, 7) is 5.49. The Morgan fingerprint density at radius 3 is 1.73 bits per heavy atom. The van der Waals surface area contributed by atoms with Crippen LogP contribution in [-0.4, -0.2) is 77.3 Å². The van der Waals surface area contributed by atoms with Gasteiger partial charge in [-0.25, -0.2) is 4.79 Å². The summed E-state index contributed by atoms with van der Waals surface area (Å²) in [4.78, 5) is 49.4. The Kier molecular flexibility index (Phi) is 15.2. The second kappa shape index (κ2) is 16.4. The molecule has 11 N–H and O–H groups in total. The topological polar surface area (TPSA) is 223 Å². The Balaban J connectivity index is 5.34. The van der Waals surface area contributed by atoms with E-state index in [1.807, 2.05) is 0 Å². The van der Waals surface area contributed by atoms with Gasteiger partial charge in [-0.15, -0.1) is 0 Å². The van der Waals surface area contributed by atoms with Gasteiger partial charge in [-0.1, -0.05) is 20.3 Å². The van der Waals surface area contributed by atoms with Crippen molar-refractivity contribution in [3.63, 3.8) is 0 Å². The molecule has 0 aromatic carbocycles. The van der Waals surface area contributed by atoms with E-state index in [1.165, 1.54) is 6.92 Å². The molecule has 0 aliphatic carbocycles. The van der Waals surface area contributed by atoms with Gasteiger partial charge >= 0.3 is 5.97 Å². The van der Waals surface area contributed by atoms with Crippen molar-refractivity contribution in [2.45, 2.75) is 89.6 Å². The SMILES string of the molecule is CC(C)C(NC(=O)C(CCCCN)NC(=O)C(NC(=O)C(N)CCCCN)C(C)O)C(=O)O. The smallest absolute Gasteiger partial charge is 0.326 e. The van der Waals surface area contributed by atoms with Crippen LogP contribution in [0.15, 0.2) is 0 Å². The van der Waals surface area contributed by atoms with E-state index in [1.54, 1.807) is 13.8 Å². The first-order chi connectivity index (χ1) is 15.5. The third kappa shape index (κ3) is 11.9. The largest absolute Gasteiger partial charge is 0.480 e. The molecular formula is C21H42N6O6. The molecule has 0 aliphatic rings. The number of aliphatic hydroxyl groups is 1. The Morgan fingerprint density at radius 1 is 0.758 bits per heavy atom. The van der Waals surface area contributed by atoms with Crippen LogP contribution >= 0.6 is 0 Å². The number of rotatable bonds is 17. The first-order valence-corrected chi connectivity index (χ1v) is 11.4. The predicted molar refractivity (Wildman–Crippen MR) is 124 cm³/mol. The lowest BCUT2D eigenvalue weighted by atomic mass is 10.0. The van der Waals surface area contributed by atoms with E-state index in [4.69, 9.17) is 17.2 Å². The summed E-state index contributed by atoms with van der Waals surface area (Å²) in [5.41, 5.74) is 16.8. The number of nitrogens with one attached hydrogen (secondary N) is 3. The highest BCUT2D eigenvalue weighted by Gasteiger charge is 2.32. The fraction of sp³-hybridized carbons (Fsp3) is 0.810. The lowest BCUT2D eigenvalue weighted by Gasteiger charge is -2.27. The number of aliphatic hydroxyl groups excluding tert-OH is 1. The van der Waals surface area contributed by atoms with Gasteiger partial charge in [0.15, 0.2) is 0 Å². The van der Waals surface area contributed by atoms with Gasteiger partial charge < -0.3 is 43.4 Å². The number of carboxylic acid groups (broad SMARTS) is 1. The zero-order chi connectivity index (χ0) is 25.6. The molecule has 0 aromatic rings. The van der Waals surface area contributed by atoms with E-state index in [2.05, 4.69) is 16.0 Å². The molecule has 0 spiro atoms. The maximum atomic E-state index is 12.8. The quantitative estimate of drug-likeness (QED) is 0.111. The van der Waals surface area contributed by atoms with E-state index in [9.17, 15) is 29.4 Å². The van der Waals surface area contributed by atoms with Gasteiger partial charge in [0, 0.05) is 0 Å². The minimum Gasteiger partial charge on any atom is -0.480 e. The van der Waals surface area contributed by atoms with Crippen LogP contribution < -0.4 is 33.2 Å². The second-order valence-corrected chi connectivity index (χ2v) is 8.53. The average Bonchev–Trinajstić information content (AvgIpc) is 2.73. The molecule has 0 aliphatic heterocycles. The number of carboxylic acids is 1. The van der Waals surface area contributed by atoms with Gasteiger partial charge in [0.25, 0.3) is 0 Å². The molecule has 0 saturated carbocycles. The standard InChI is InChI=1S/C21H42N6O6/c1-12(2)16(21(32)33)26-19(30)15(9-5-7-11-23)25-20(31)17(13(3)28)27-18(29)14(24)8-4-6-10-22/h12-17,28H,4-11,22-24H2,1-3H3,(H,25,31)(H,26,30)(H,27,29)(H,32,33). The Morgan fingerprint density at radius 2 is 1.27 bits per heavy atom. The third-order valence-electron chi connectivity index (χ3n) is 5.18. The number of aliphatic carboxylic acids is 1. The van der Waals surface area contributed by atoms with Gasteiger partial charge in [-0.3, -0.25) is 14.4 Å². The first kappa shape index (κ1) is 30.7. The molecule has 12 nitrogen and oxygen atoms in total. The molecule has 192 valence electrons. The minimum atomic E-state index is -1.34. The highest BCUT2D eigenvalue weighted by molar-refractivity contribution is 5.94. The number of amides is 3. The van der Waals surface area contributed by atoms with E-state index >= 15 is 0 Å². The number of hydrogen-bond acceptors (Lipinski definition) is 8. The fourth-order valence-electron chi connectivity index (χ4n) is 3.10. The number of carbonyl (C=O) groups is 4. The van der Waals surface area contributed by atoms with Crippen LogP contribution in [0.4, 0.5) is 0 Å². The van der Waals surface area contributed by atoms with Crippen LogP contribution in [-0.2, 0) is 19.2 Å². The number of unbranched alkanes of at least 4 members (excludes halogenated alkanes) is 2. The molecule has 0 rings (SSSR count). The van der Waals surface area contributed by atoms with Crippen LogP contribution in [0.25, 0.3) is 0 Å². The normalized spacial score (nSPS) is 15.8. The van der Waals surface area contributed by atoms with Crippen molar-refractivity contribution in [2.75, 3.05) is 13.1 Å². The molecule has 0 heterocycles. The van der Waals surface area contributed by atoms with E-state index in [0.29, 0.717) is 45.2 Å².